The fourth-order valence-corrected chi connectivity index (χ4v) is 4.23. The number of likely N-dealkylation sites (tertiary alicyclic amines) is 1. The molecule has 2 aromatic carbocycles. The minimum atomic E-state index is 0.115. The number of aliphatic hydroxyl groups excluding tert-OH is 1. The Morgan fingerprint density at radius 1 is 1.06 bits per heavy atom. The van der Waals surface area contributed by atoms with Crippen LogP contribution in [0.1, 0.15) is 36.0 Å². The van der Waals surface area contributed by atoms with Crippen molar-refractivity contribution in [2.45, 2.75) is 38.3 Å². The van der Waals surface area contributed by atoms with Gasteiger partial charge in [-0.3, -0.25) is 4.90 Å². The summed E-state index contributed by atoms with van der Waals surface area (Å²) in [6.07, 6.45) is 4.00. The fraction of sp³-hybridized carbons (Fsp3) is 0.481. The summed E-state index contributed by atoms with van der Waals surface area (Å²) in [4.78, 5) is 5.07. The quantitative estimate of drug-likeness (QED) is 0.609. The molecule has 1 fully saturated rings. The third-order valence-corrected chi connectivity index (χ3v) is 6.13. The van der Waals surface area contributed by atoms with Crippen molar-refractivity contribution in [3.05, 3.63) is 59.2 Å². The van der Waals surface area contributed by atoms with Crippen LogP contribution in [0.15, 0.2) is 42.5 Å². The zero-order valence-corrected chi connectivity index (χ0v) is 19.6. The molecule has 2 aromatic rings. The maximum absolute atomic E-state index is 8.84. The lowest BCUT2D eigenvalue weighted by molar-refractivity contribution is 0.112. The molecule has 0 unspecified atom stereocenters. The van der Waals surface area contributed by atoms with Crippen LogP contribution in [0.5, 0.6) is 11.5 Å². The molecule has 0 radical (unpaired) electrons. The van der Waals surface area contributed by atoms with Gasteiger partial charge in [0.05, 0.1) is 20.8 Å². The summed E-state index contributed by atoms with van der Waals surface area (Å²) in [6, 6.07) is 15.3. The topological polar surface area (TPSA) is 45.2 Å². The lowest BCUT2D eigenvalue weighted by Crippen LogP contribution is -2.46. The van der Waals surface area contributed by atoms with Crippen molar-refractivity contribution < 1.29 is 14.6 Å². The van der Waals surface area contributed by atoms with Crippen molar-refractivity contribution in [3.63, 3.8) is 0 Å². The summed E-state index contributed by atoms with van der Waals surface area (Å²) in [5.41, 5.74) is 3.60. The van der Waals surface area contributed by atoms with Gasteiger partial charge in [0.25, 0.3) is 0 Å². The molecule has 172 valence electrons. The van der Waals surface area contributed by atoms with Crippen molar-refractivity contribution in [2.24, 2.45) is 0 Å². The molecule has 0 aromatic heterocycles. The maximum atomic E-state index is 8.84. The van der Waals surface area contributed by atoms with E-state index >= 15 is 0 Å². The Bertz CT molecular complexity index is 901. The summed E-state index contributed by atoms with van der Waals surface area (Å²) in [7, 11) is 5.60. The standard InChI is InChI=1S/C27H36N2O3/c1-28(17-15-23-13-14-26(31-2)27(19-23)32-3)25-8-6-16-29(21-25)20-24-11-9-22(10-12-24)7-4-5-18-30/h9-14,19,25,30H,5-6,8,15-18,20-21H2,1-3H3/t25-/m0/s1. The minimum absolute atomic E-state index is 0.115. The summed E-state index contributed by atoms with van der Waals surface area (Å²) >= 11 is 0. The molecule has 0 aliphatic carbocycles. The highest BCUT2D eigenvalue weighted by molar-refractivity contribution is 5.43. The van der Waals surface area contributed by atoms with E-state index in [1.165, 1.54) is 24.0 Å². The second kappa shape index (κ2) is 12.5. The molecule has 32 heavy (non-hydrogen) atoms. The van der Waals surface area contributed by atoms with Crippen molar-refractivity contribution in [2.75, 3.05) is 47.5 Å². The van der Waals surface area contributed by atoms with Crippen molar-refractivity contribution in [1.29, 1.82) is 0 Å². The summed E-state index contributed by atoms with van der Waals surface area (Å²) in [5, 5.41) is 8.84. The van der Waals surface area contributed by atoms with Gasteiger partial charge in [-0.05, 0) is 68.2 Å². The van der Waals surface area contributed by atoms with E-state index in [2.05, 4.69) is 65.1 Å². The Hall–Kier alpha value is -2.52. The number of methoxy groups -OCH3 is 2. The first kappa shape index (κ1) is 24.1. The van der Waals surface area contributed by atoms with Gasteiger partial charge in [0.2, 0.25) is 0 Å². The number of hydrogen-bond donors (Lipinski definition) is 1. The van der Waals surface area contributed by atoms with E-state index in [1.807, 2.05) is 6.07 Å². The second-order valence-corrected chi connectivity index (χ2v) is 8.42. The SMILES string of the molecule is COc1ccc(CCN(C)[C@H]2CCCN(Cc3ccc(C#CCCO)cc3)C2)cc1OC. The van der Waals surface area contributed by atoms with E-state index < -0.39 is 0 Å². The Labute approximate surface area is 192 Å². The van der Waals surface area contributed by atoms with Gasteiger partial charge in [-0.15, -0.1) is 0 Å². The van der Waals surface area contributed by atoms with E-state index in [-0.39, 0.29) is 6.61 Å². The van der Waals surface area contributed by atoms with Crippen LogP contribution < -0.4 is 9.47 Å². The van der Waals surface area contributed by atoms with Gasteiger partial charge in [-0.1, -0.05) is 30.0 Å². The predicted octanol–water partition coefficient (Wildman–Crippen LogP) is 3.58. The Morgan fingerprint density at radius 3 is 2.53 bits per heavy atom. The highest BCUT2D eigenvalue weighted by atomic mass is 16.5. The molecule has 3 rings (SSSR count). The molecule has 5 heteroatoms. The van der Waals surface area contributed by atoms with Crippen molar-refractivity contribution >= 4 is 0 Å². The Balaban J connectivity index is 1.50. The molecule has 1 N–H and O–H groups in total. The number of rotatable bonds is 9. The zero-order valence-electron chi connectivity index (χ0n) is 19.6. The van der Waals surface area contributed by atoms with Crippen LogP contribution in [0.2, 0.25) is 0 Å². The first-order valence-corrected chi connectivity index (χ1v) is 11.4. The number of benzene rings is 2. The Morgan fingerprint density at radius 2 is 1.81 bits per heavy atom. The van der Waals surface area contributed by atoms with E-state index in [4.69, 9.17) is 14.6 Å². The second-order valence-electron chi connectivity index (χ2n) is 8.42. The van der Waals surface area contributed by atoms with Crippen LogP contribution in [-0.4, -0.2) is 68.5 Å². The van der Waals surface area contributed by atoms with Crippen LogP contribution in [0.4, 0.5) is 0 Å². The van der Waals surface area contributed by atoms with Gasteiger partial charge in [0.1, 0.15) is 0 Å². The highest BCUT2D eigenvalue weighted by Gasteiger charge is 2.23. The molecule has 0 bridgehead atoms. The molecule has 1 saturated heterocycles. The van der Waals surface area contributed by atoms with E-state index in [0.717, 1.165) is 49.7 Å². The molecular formula is C27H36N2O3. The molecule has 1 atom stereocenters. The Kier molecular flexibility index (Phi) is 9.43. The molecule has 1 aliphatic rings. The van der Waals surface area contributed by atoms with E-state index in [0.29, 0.717) is 12.5 Å². The third-order valence-electron chi connectivity index (χ3n) is 6.13. The number of piperidine rings is 1. The summed E-state index contributed by atoms with van der Waals surface area (Å²) in [6.45, 7) is 4.36. The van der Waals surface area contributed by atoms with E-state index in [9.17, 15) is 0 Å². The van der Waals surface area contributed by atoms with Gasteiger partial charge < -0.3 is 19.5 Å². The normalized spacial score (nSPS) is 16.5. The minimum Gasteiger partial charge on any atom is -0.493 e. The monoisotopic (exact) mass is 436 g/mol. The summed E-state index contributed by atoms with van der Waals surface area (Å²) < 4.78 is 10.8. The fourth-order valence-electron chi connectivity index (χ4n) is 4.23. The lowest BCUT2D eigenvalue weighted by Gasteiger charge is -2.37. The average molecular weight is 437 g/mol. The van der Waals surface area contributed by atoms with Crippen LogP contribution in [-0.2, 0) is 13.0 Å². The molecule has 0 spiro atoms. The largest absolute Gasteiger partial charge is 0.493 e. The first-order chi connectivity index (χ1) is 15.6. The molecule has 0 amide bonds. The highest BCUT2D eigenvalue weighted by Crippen LogP contribution is 2.28. The van der Waals surface area contributed by atoms with Crippen LogP contribution in [0.3, 0.4) is 0 Å². The summed E-state index contributed by atoms with van der Waals surface area (Å²) in [5.74, 6) is 7.64. The smallest absolute Gasteiger partial charge is 0.160 e. The van der Waals surface area contributed by atoms with E-state index in [1.54, 1.807) is 14.2 Å². The molecule has 5 nitrogen and oxygen atoms in total. The van der Waals surface area contributed by atoms with Crippen molar-refractivity contribution in [3.8, 4) is 23.3 Å². The maximum Gasteiger partial charge on any atom is 0.160 e. The third kappa shape index (κ3) is 7.00. The van der Waals surface area contributed by atoms with Gasteiger partial charge in [-0.2, -0.15) is 0 Å². The predicted molar refractivity (Wildman–Crippen MR) is 129 cm³/mol. The van der Waals surface area contributed by atoms with Crippen LogP contribution >= 0.6 is 0 Å². The number of likely N-dealkylation sites (N-methyl/N-ethyl adjacent to an activating group) is 1. The first-order valence-electron chi connectivity index (χ1n) is 11.4. The molecule has 1 heterocycles. The number of hydrogen-bond acceptors (Lipinski definition) is 5. The molecular weight excluding hydrogens is 400 g/mol. The van der Waals surface area contributed by atoms with Crippen molar-refractivity contribution in [1.82, 2.24) is 9.80 Å². The number of ether oxygens (including phenoxy) is 2. The number of nitrogens with zero attached hydrogens (tertiary/aromatic N) is 2. The molecule has 1 aliphatic heterocycles. The molecule has 0 saturated carbocycles. The van der Waals surface area contributed by atoms with Crippen LogP contribution in [0, 0.1) is 11.8 Å². The lowest BCUT2D eigenvalue weighted by atomic mass is 10.0. The van der Waals surface area contributed by atoms with Gasteiger partial charge in [0, 0.05) is 37.7 Å². The van der Waals surface area contributed by atoms with Crippen LogP contribution in [0.25, 0.3) is 0 Å². The zero-order chi connectivity index (χ0) is 22.8. The van der Waals surface area contributed by atoms with Gasteiger partial charge >= 0.3 is 0 Å². The average Bonchev–Trinajstić information content (AvgIpc) is 2.83. The van der Waals surface area contributed by atoms with Gasteiger partial charge in [-0.25, -0.2) is 0 Å². The van der Waals surface area contributed by atoms with Gasteiger partial charge in [0.15, 0.2) is 11.5 Å². The number of aliphatic hydroxyl groups is 1.